The van der Waals surface area contributed by atoms with Crippen molar-refractivity contribution in [1.29, 1.82) is 0 Å². The Morgan fingerprint density at radius 1 is 1.03 bits per heavy atom. The molecule has 0 amide bonds. The van der Waals surface area contributed by atoms with E-state index in [4.69, 9.17) is 4.18 Å². The summed E-state index contributed by atoms with van der Waals surface area (Å²) < 4.78 is 38.3. The van der Waals surface area contributed by atoms with Crippen molar-refractivity contribution < 1.29 is 46.7 Å². The molecule has 0 bridgehead atoms. The summed E-state index contributed by atoms with van der Waals surface area (Å²) in [6.45, 7) is 14.7. The first-order chi connectivity index (χ1) is 15.3. The average molecular weight is 503 g/mol. The van der Waals surface area contributed by atoms with Crippen molar-refractivity contribution >= 4 is 10.4 Å². The molecular weight excluding hydrogens is 455 g/mol. The minimum Gasteiger partial charge on any atom is -0.726 e. The molecule has 4 rings (SSSR count). The van der Waals surface area contributed by atoms with Gasteiger partial charge in [-0.15, -0.1) is 0 Å². The minimum absolute atomic E-state index is 0. The van der Waals surface area contributed by atoms with Gasteiger partial charge in [-0.2, -0.15) is 0 Å². The Kier molecular flexibility index (Phi) is 9.24. The first-order valence-corrected chi connectivity index (χ1v) is 15.0. The molecule has 9 atom stereocenters. The summed E-state index contributed by atoms with van der Waals surface area (Å²) in [5, 5.41) is 0. The number of hydrogen-bond acceptors (Lipinski definition) is 4. The smallest absolute Gasteiger partial charge is 0.726 e. The van der Waals surface area contributed by atoms with E-state index in [1.54, 1.807) is 0 Å². The molecule has 190 valence electrons. The first-order valence-electron chi connectivity index (χ1n) is 13.7. The second-order valence-electron chi connectivity index (χ2n) is 13.1. The van der Waals surface area contributed by atoms with Crippen LogP contribution in [0.3, 0.4) is 0 Å². The van der Waals surface area contributed by atoms with Gasteiger partial charge in [-0.25, -0.2) is 8.42 Å². The maximum Gasteiger partial charge on any atom is 1.00 e. The van der Waals surface area contributed by atoms with Gasteiger partial charge in [-0.1, -0.05) is 66.0 Å². The Hall–Kier alpha value is 0.610. The molecule has 1 unspecified atom stereocenters. The third kappa shape index (κ3) is 5.55. The molecule has 3 saturated carbocycles. The third-order valence-corrected chi connectivity index (χ3v) is 11.8. The van der Waals surface area contributed by atoms with E-state index in [2.05, 4.69) is 47.6 Å². The maximum absolute atomic E-state index is 11.1. The van der Waals surface area contributed by atoms with Crippen LogP contribution in [0, 0.1) is 52.3 Å². The topological polar surface area (TPSA) is 66.4 Å². The van der Waals surface area contributed by atoms with Crippen molar-refractivity contribution in [2.75, 3.05) is 0 Å². The molecule has 4 nitrogen and oxygen atoms in total. The van der Waals surface area contributed by atoms with E-state index in [0.29, 0.717) is 24.2 Å². The Labute approximate surface area is 231 Å². The number of rotatable bonds is 7. The van der Waals surface area contributed by atoms with Gasteiger partial charge in [-0.05, 0) is 104 Å². The first kappa shape index (κ1) is 29.2. The monoisotopic (exact) mass is 502 g/mol. The van der Waals surface area contributed by atoms with Crippen LogP contribution in [0.1, 0.15) is 106 Å². The van der Waals surface area contributed by atoms with Crippen molar-refractivity contribution in [3.8, 4) is 0 Å². The quantitative estimate of drug-likeness (QED) is 0.227. The second kappa shape index (κ2) is 10.8. The van der Waals surface area contributed by atoms with Gasteiger partial charge in [0.15, 0.2) is 0 Å². The van der Waals surface area contributed by atoms with Gasteiger partial charge in [0.2, 0.25) is 10.4 Å². The Morgan fingerprint density at radius 3 is 2.38 bits per heavy atom. The van der Waals surface area contributed by atoms with E-state index >= 15 is 0 Å². The number of allylic oxidation sites excluding steroid dienone is 1. The van der Waals surface area contributed by atoms with Crippen LogP contribution in [-0.4, -0.2) is 19.1 Å². The van der Waals surface area contributed by atoms with Crippen LogP contribution < -0.4 is 29.6 Å². The van der Waals surface area contributed by atoms with Crippen molar-refractivity contribution in [3.05, 3.63) is 11.6 Å². The summed E-state index contributed by atoms with van der Waals surface area (Å²) in [5.41, 5.74) is 1.98. The fourth-order valence-electron chi connectivity index (χ4n) is 8.91. The molecule has 0 spiro atoms. The molecule has 0 radical (unpaired) electrons. The molecule has 0 N–H and O–H groups in total. The summed E-state index contributed by atoms with van der Waals surface area (Å²) in [4.78, 5) is 0. The molecule has 0 aliphatic heterocycles. The summed E-state index contributed by atoms with van der Waals surface area (Å²) in [6.07, 6.45) is 13.4. The predicted molar refractivity (Wildman–Crippen MR) is 132 cm³/mol. The van der Waals surface area contributed by atoms with Gasteiger partial charge in [-0.3, -0.25) is 4.18 Å². The van der Waals surface area contributed by atoms with Crippen LogP contribution in [0.5, 0.6) is 0 Å². The zero-order chi connectivity index (χ0) is 24.2. The third-order valence-electron chi connectivity index (χ3n) is 11.3. The van der Waals surface area contributed by atoms with Crippen LogP contribution in [0.4, 0.5) is 0 Å². The molecule has 4 aliphatic rings. The Morgan fingerprint density at radius 2 is 1.74 bits per heavy atom. The van der Waals surface area contributed by atoms with Crippen LogP contribution in [0.25, 0.3) is 0 Å². The second-order valence-corrected chi connectivity index (χ2v) is 14.1. The van der Waals surface area contributed by atoms with Gasteiger partial charge in [0, 0.05) is 0 Å². The standard InChI is InChI=1S/C28H48O4S.Na/c1-18(2)19(3)7-8-20(4)24-11-12-25-23-10-9-21-17-22(32-33(29,30)31)13-15-27(21,5)26(23)14-16-28(24,25)6;/h9,18-20,22-26H,7-8,10-17H2,1-6H3,(H,29,30,31);/q;+1/p-1/t19?,20-,22+,23+,24-,25+,26+,27+,28-;/m1./s1. The molecule has 0 aromatic carbocycles. The van der Waals surface area contributed by atoms with E-state index in [1.807, 2.05) is 0 Å². The summed E-state index contributed by atoms with van der Waals surface area (Å²) in [7, 11) is -4.63. The van der Waals surface area contributed by atoms with E-state index in [-0.39, 0.29) is 35.0 Å². The molecule has 6 heteroatoms. The largest absolute Gasteiger partial charge is 1.00 e. The van der Waals surface area contributed by atoms with E-state index < -0.39 is 16.5 Å². The SMILES string of the molecule is CC(C)C(C)CC[C@@H](C)[C@H]1CC[C@H]2[C@@H]3CC=C4C[C@@H](OS(=O)(=O)[O-])CC[C@]4(C)[C@H]3CC[C@]12C.[Na+]. The molecule has 3 fully saturated rings. The Bertz CT molecular complexity index is 854. The van der Waals surface area contributed by atoms with Gasteiger partial charge >= 0.3 is 29.6 Å². The van der Waals surface area contributed by atoms with Crippen molar-refractivity contribution in [3.63, 3.8) is 0 Å². The predicted octanol–water partition coefficient (Wildman–Crippen LogP) is 4.12. The molecule has 0 aromatic rings. The molecule has 0 saturated heterocycles. The van der Waals surface area contributed by atoms with Crippen LogP contribution in [-0.2, 0) is 14.6 Å². The van der Waals surface area contributed by atoms with Gasteiger partial charge in [0.1, 0.15) is 0 Å². The molecule has 34 heavy (non-hydrogen) atoms. The molecular formula is C28H47NaO4S. The number of fused-ring (bicyclic) bond motifs is 5. The van der Waals surface area contributed by atoms with Crippen molar-refractivity contribution in [2.24, 2.45) is 52.3 Å². The van der Waals surface area contributed by atoms with Crippen molar-refractivity contribution in [2.45, 2.75) is 112 Å². The normalized spacial score (nSPS) is 41.5. The summed E-state index contributed by atoms with van der Waals surface area (Å²) >= 11 is 0. The molecule has 0 heterocycles. The average Bonchev–Trinajstić information content (AvgIpc) is 3.08. The van der Waals surface area contributed by atoms with E-state index in [9.17, 15) is 13.0 Å². The van der Waals surface area contributed by atoms with Crippen LogP contribution >= 0.6 is 0 Å². The Balaban J connectivity index is 0.00000324. The zero-order valence-corrected chi connectivity index (χ0v) is 25.6. The number of hydrogen-bond donors (Lipinski definition) is 0. The molecule has 4 aliphatic carbocycles. The molecule has 0 aromatic heterocycles. The summed E-state index contributed by atoms with van der Waals surface area (Å²) in [6, 6.07) is 0. The van der Waals surface area contributed by atoms with E-state index in [1.165, 1.54) is 44.1 Å². The minimum atomic E-state index is -4.63. The zero-order valence-electron chi connectivity index (χ0n) is 22.8. The van der Waals surface area contributed by atoms with Gasteiger partial charge in [0.05, 0.1) is 6.10 Å². The fraction of sp³-hybridized carbons (Fsp3) is 0.929. The van der Waals surface area contributed by atoms with E-state index in [0.717, 1.165) is 48.3 Å². The maximum atomic E-state index is 11.1. The fourth-order valence-corrected chi connectivity index (χ4v) is 9.41. The van der Waals surface area contributed by atoms with Crippen LogP contribution in [0.15, 0.2) is 11.6 Å². The summed E-state index contributed by atoms with van der Waals surface area (Å²) in [5.74, 6) is 5.51. The van der Waals surface area contributed by atoms with Gasteiger partial charge < -0.3 is 4.55 Å². The van der Waals surface area contributed by atoms with Gasteiger partial charge in [0.25, 0.3) is 0 Å². The van der Waals surface area contributed by atoms with Crippen molar-refractivity contribution in [1.82, 2.24) is 0 Å². The van der Waals surface area contributed by atoms with Crippen LogP contribution in [0.2, 0.25) is 0 Å².